The van der Waals surface area contributed by atoms with Crippen molar-refractivity contribution < 1.29 is 26.3 Å². The molecule has 2 aromatic heterocycles. The number of benzene rings is 1. The van der Waals surface area contributed by atoms with E-state index in [1.165, 1.54) is 10.4 Å². The summed E-state index contributed by atoms with van der Waals surface area (Å²) < 4.78 is 67.6. The number of aryl methyl sites for hydroxylation is 1. The van der Waals surface area contributed by atoms with Gasteiger partial charge in [0.25, 0.3) is 0 Å². The van der Waals surface area contributed by atoms with Crippen molar-refractivity contribution in [3.05, 3.63) is 89.3 Å². The Bertz CT molecular complexity index is 1380. The second-order valence-electron chi connectivity index (χ2n) is 9.56. The SMILES string of the molecule is C/C(c1ccccc1)=[N+](/[O-])C(CCCc1ncccn1)CS(=O)(=O)N1CCN(c2ccc(C(F)(F)F)cn2)CC1. The maximum atomic E-state index is 13.5. The van der Waals surface area contributed by atoms with E-state index in [4.69, 9.17) is 0 Å². The smallest absolute Gasteiger partial charge is 0.417 e. The van der Waals surface area contributed by atoms with Crippen LogP contribution in [0.15, 0.2) is 67.1 Å². The Hall–Kier alpha value is -3.58. The molecule has 0 radical (unpaired) electrons. The van der Waals surface area contributed by atoms with Gasteiger partial charge < -0.3 is 10.1 Å². The van der Waals surface area contributed by atoms with Crippen LogP contribution in [0.1, 0.15) is 36.7 Å². The molecule has 1 fully saturated rings. The Balaban J connectivity index is 1.45. The van der Waals surface area contributed by atoms with E-state index < -0.39 is 27.8 Å². The maximum Gasteiger partial charge on any atom is 0.417 e. The van der Waals surface area contributed by atoms with Gasteiger partial charge in [0.15, 0.2) is 11.8 Å². The minimum absolute atomic E-state index is 0.135. The standard InChI is InChI=1S/C27H31F3N6O3S/c1-21(22-7-3-2-4-8-22)36(37)24(9-5-10-25-31-13-6-14-32-25)20-40(38,39)35-17-15-34(16-18-35)26-12-11-23(19-33-26)27(28,29)30/h2-4,6-8,11-14,19,24H,5,9-10,15-18,20H2,1H3/b36-21-. The van der Waals surface area contributed by atoms with E-state index in [-0.39, 0.29) is 31.9 Å². The first-order valence-corrected chi connectivity index (χ1v) is 14.5. The number of pyridine rings is 1. The average molecular weight is 577 g/mol. The average Bonchev–Trinajstić information content (AvgIpc) is 2.96. The lowest BCUT2D eigenvalue weighted by atomic mass is 10.1. The molecule has 1 aromatic carbocycles. The number of rotatable bonds is 10. The summed E-state index contributed by atoms with van der Waals surface area (Å²) in [6.45, 7) is 2.48. The van der Waals surface area contributed by atoms with Crippen molar-refractivity contribution in [1.82, 2.24) is 19.3 Å². The van der Waals surface area contributed by atoms with Gasteiger partial charge in [-0.15, -0.1) is 0 Å². The van der Waals surface area contributed by atoms with Crippen molar-refractivity contribution >= 4 is 21.6 Å². The van der Waals surface area contributed by atoms with Crippen LogP contribution in [0, 0.1) is 5.21 Å². The molecule has 0 saturated carbocycles. The molecule has 40 heavy (non-hydrogen) atoms. The summed E-state index contributed by atoms with van der Waals surface area (Å²) >= 11 is 0. The Morgan fingerprint density at radius 1 is 1.00 bits per heavy atom. The fourth-order valence-electron chi connectivity index (χ4n) is 4.59. The number of piperazine rings is 1. The molecule has 1 aliphatic heterocycles. The number of anilines is 1. The molecule has 1 aliphatic rings. The summed E-state index contributed by atoms with van der Waals surface area (Å²) in [6, 6.07) is 12.2. The molecule has 3 aromatic rings. The molecular formula is C27H31F3N6O3S. The van der Waals surface area contributed by atoms with Crippen LogP contribution in [0.4, 0.5) is 19.0 Å². The van der Waals surface area contributed by atoms with E-state index in [0.29, 0.717) is 42.2 Å². The molecule has 0 bridgehead atoms. The van der Waals surface area contributed by atoms with E-state index in [1.807, 2.05) is 18.2 Å². The van der Waals surface area contributed by atoms with E-state index in [2.05, 4.69) is 15.0 Å². The summed E-state index contributed by atoms with van der Waals surface area (Å²) in [5, 5.41) is 13.5. The highest BCUT2D eigenvalue weighted by Crippen LogP contribution is 2.29. The highest BCUT2D eigenvalue weighted by atomic mass is 32.2. The number of hydrogen-bond donors (Lipinski definition) is 0. The van der Waals surface area contributed by atoms with E-state index >= 15 is 0 Å². The third-order valence-corrected chi connectivity index (χ3v) is 8.80. The number of hydrogen-bond acceptors (Lipinski definition) is 7. The number of alkyl halides is 3. The Morgan fingerprint density at radius 3 is 2.27 bits per heavy atom. The summed E-state index contributed by atoms with van der Waals surface area (Å²) in [7, 11) is -3.82. The molecule has 1 atom stereocenters. The second-order valence-corrected chi connectivity index (χ2v) is 11.6. The topological polar surface area (TPSA) is 105 Å². The van der Waals surface area contributed by atoms with Crippen LogP contribution in [0.3, 0.4) is 0 Å². The van der Waals surface area contributed by atoms with E-state index in [0.717, 1.165) is 17.0 Å². The minimum Gasteiger partial charge on any atom is -0.623 e. The molecule has 0 spiro atoms. The van der Waals surface area contributed by atoms with Gasteiger partial charge in [-0.3, -0.25) is 0 Å². The summed E-state index contributed by atoms with van der Waals surface area (Å²) in [4.78, 5) is 14.1. The van der Waals surface area contributed by atoms with E-state index in [1.54, 1.807) is 42.4 Å². The van der Waals surface area contributed by atoms with Crippen LogP contribution in [-0.4, -0.2) is 76.1 Å². The number of sulfonamides is 1. The quantitative estimate of drug-likeness (QED) is 0.157. The van der Waals surface area contributed by atoms with E-state index in [9.17, 15) is 26.8 Å². The Labute approximate surface area is 231 Å². The summed E-state index contributed by atoms with van der Waals surface area (Å²) in [6.07, 6.45) is 0.925. The van der Waals surface area contributed by atoms with Gasteiger partial charge >= 0.3 is 6.18 Å². The lowest BCUT2D eigenvalue weighted by molar-refractivity contribution is -0.496. The van der Waals surface area contributed by atoms with Crippen molar-refractivity contribution in [1.29, 1.82) is 0 Å². The monoisotopic (exact) mass is 576 g/mol. The zero-order valence-corrected chi connectivity index (χ0v) is 22.9. The lowest BCUT2D eigenvalue weighted by Gasteiger charge is -2.35. The predicted molar refractivity (Wildman–Crippen MR) is 145 cm³/mol. The minimum atomic E-state index is -4.48. The molecule has 0 amide bonds. The van der Waals surface area contributed by atoms with Crippen LogP contribution in [0.25, 0.3) is 0 Å². The molecule has 13 heteroatoms. The number of aromatic nitrogens is 3. The van der Waals surface area contributed by atoms with Crippen molar-refractivity contribution in [2.24, 2.45) is 0 Å². The van der Waals surface area contributed by atoms with Crippen LogP contribution in [0.5, 0.6) is 0 Å². The fourth-order valence-corrected chi connectivity index (χ4v) is 6.31. The van der Waals surface area contributed by atoms with Gasteiger partial charge in [-0.2, -0.15) is 17.5 Å². The highest BCUT2D eigenvalue weighted by Gasteiger charge is 2.34. The molecule has 1 unspecified atom stereocenters. The molecule has 9 nitrogen and oxygen atoms in total. The molecule has 3 heterocycles. The number of nitrogens with zero attached hydrogens (tertiary/aromatic N) is 6. The Kier molecular flexibility index (Phi) is 9.36. The largest absolute Gasteiger partial charge is 0.623 e. The van der Waals surface area contributed by atoms with Gasteiger partial charge in [0.2, 0.25) is 10.0 Å². The molecule has 214 valence electrons. The summed E-state index contributed by atoms with van der Waals surface area (Å²) in [5.41, 5.74) is 0.297. The van der Waals surface area contributed by atoms with Crippen LogP contribution >= 0.6 is 0 Å². The second kappa shape index (κ2) is 12.7. The third-order valence-electron chi connectivity index (χ3n) is 6.84. The third kappa shape index (κ3) is 7.54. The first-order valence-electron chi connectivity index (χ1n) is 12.9. The molecule has 0 aliphatic carbocycles. The van der Waals surface area contributed by atoms with Crippen LogP contribution in [0.2, 0.25) is 0 Å². The molecule has 0 N–H and O–H groups in total. The fraction of sp³-hybridized carbons (Fsp3) is 0.407. The number of hydroxylamine groups is 1. The normalized spacial score (nSPS) is 16.4. The highest BCUT2D eigenvalue weighted by molar-refractivity contribution is 7.89. The first kappa shape index (κ1) is 29.4. The van der Waals surface area contributed by atoms with Crippen molar-refractivity contribution in [2.75, 3.05) is 36.8 Å². The van der Waals surface area contributed by atoms with Crippen LogP contribution in [-0.2, 0) is 22.6 Å². The lowest BCUT2D eigenvalue weighted by Crippen LogP contribution is -2.51. The molecule has 4 rings (SSSR count). The zero-order valence-electron chi connectivity index (χ0n) is 22.0. The summed E-state index contributed by atoms with van der Waals surface area (Å²) in [5.74, 6) is 0.609. The van der Waals surface area contributed by atoms with Crippen molar-refractivity contribution in [2.45, 2.75) is 38.4 Å². The van der Waals surface area contributed by atoms with Crippen molar-refractivity contribution in [3.63, 3.8) is 0 Å². The molecular weight excluding hydrogens is 545 g/mol. The molecule has 1 saturated heterocycles. The van der Waals surface area contributed by atoms with Gasteiger partial charge in [-0.1, -0.05) is 18.2 Å². The zero-order chi connectivity index (χ0) is 28.8. The van der Waals surface area contributed by atoms with Gasteiger partial charge in [0.05, 0.1) is 5.56 Å². The first-order chi connectivity index (χ1) is 19.0. The predicted octanol–water partition coefficient (Wildman–Crippen LogP) is 3.75. The van der Waals surface area contributed by atoms with Gasteiger partial charge in [0.1, 0.15) is 17.4 Å². The maximum absolute atomic E-state index is 13.5. The van der Waals surface area contributed by atoms with Gasteiger partial charge in [0, 0.05) is 70.1 Å². The van der Waals surface area contributed by atoms with Gasteiger partial charge in [-0.25, -0.2) is 28.1 Å². The van der Waals surface area contributed by atoms with Gasteiger partial charge in [-0.05, 0) is 36.8 Å². The Morgan fingerprint density at radius 2 is 1.68 bits per heavy atom. The van der Waals surface area contributed by atoms with Crippen LogP contribution < -0.4 is 4.90 Å². The van der Waals surface area contributed by atoms with Crippen molar-refractivity contribution in [3.8, 4) is 0 Å². The number of halogens is 3.